The first-order chi connectivity index (χ1) is 12.6. The molecule has 2 N–H and O–H groups in total. The molecule has 0 saturated heterocycles. The van der Waals surface area contributed by atoms with E-state index in [1.165, 1.54) is 22.9 Å². The Hall–Kier alpha value is -3.39. The lowest BCUT2D eigenvalue weighted by Gasteiger charge is -2.09. The summed E-state index contributed by atoms with van der Waals surface area (Å²) in [6.07, 6.45) is 5.01. The van der Waals surface area contributed by atoms with Gasteiger partial charge in [-0.1, -0.05) is 17.7 Å². The molecule has 0 aliphatic rings. The van der Waals surface area contributed by atoms with Crippen molar-refractivity contribution in [3.63, 3.8) is 0 Å². The summed E-state index contributed by atoms with van der Waals surface area (Å²) in [6, 6.07) is 9.62. The number of hydrogen-bond donors (Lipinski definition) is 1. The summed E-state index contributed by atoms with van der Waals surface area (Å²) in [7, 11) is 0. The largest absolute Gasteiger partial charge is 0.383 e. The standard InChI is InChI=1S/C17H11ClFN7/c18-12-3-4-14(19)15(7-12)26-17(23-24-25-26)13-6-11(9-22-16(13)20)10-2-1-5-21-8-10/h1-9H,(H2,20,22). The van der Waals surface area contributed by atoms with Crippen LogP contribution in [0.15, 0.2) is 55.0 Å². The van der Waals surface area contributed by atoms with E-state index in [0.717, 1.165) is 11.1 Å². The number of tetrazole rings is 1. The third-order valence-electron chi connectivity index (χ3n) is 3.76. The molecular formula is C17H11ClFN7. The zero-order valence-electron chi connectivity index (χ0n) is 13.2. The number of pyridine rings is 2. The quantitative estimate of drug-likeness (QED) is 0.597. The maximum Gasteiger partial charge on any atom is 0.190 e. The van der Waals surface area contributed by atoms with Gasteiger partial charge in [0.2, 0.25) is 0 Å². The molecule has 26 heavy (non-hydrogen) atoms. The zero-order valence-corrected chi connectivity index (χ0v) is 14.0. The first kappa shape index (κ1) is 16.1. The van der Waals surface area contributed by atoms with Gasteiger partial charge in [-0.25, -0.2) is 9.37 Å². The zero-order chi connectivity index (χ0) is 18.1. The minimum absolute atomic E-state index is 0.115. The summed E-state index contributed by atoms with van der Waals surface area (Å²) in [5.41, 5.74) is 8.24. The fourth-order valence-corrected chi connectivity index (χ4v) is 2.68. The van der Waals surface area contributed by atoms with Gasteiger partial charge < -0.3 is 5.73 Å². The second-order valence-corrected chi connectivity index (χ2v) is 5.84. The molecule has 0 saturated carbocycles. The number of halogens is 2. The monoisotopic (exact) mass is 367 g/mol. The van der Waals surface area contributed by atoms with Crippen molar-refractivity contribution in [3.8, 4) is 28.2 Å². The molecule has 128 valence electrons. The molecule has 0 spiro atoms. The van der Waals surface area contributed by atoms with Crippen LogP contribution in [0.4, 0.5) is 10.2 Å². The molecule has 0 fully saturated rings. The first-order valence-corrected chi connectivity index (χ1v) is 7.91. The lowest BCUT2D eigenvalue weighted by Crippen LogP contribution is -2.05. The average molecular weight is 368 g/mol. The van der Waals surface area contributed by atoms with Crippen molar-refractivity contribution in [2.24, 2.45) is 0 Å². The van der Waals surface area contributed by atoms with E-state index >= 15 is 0 Å². The molecule has 4 aromatic rings. The smallest absolute Gasteiger partial charge is 0.190 e. The molecule has 3 aromatic heterocycles. The van der Waals surface area contributed by atoms with Gasteiger partial charge in [0, 0.05) is 34.7 Å². The highest BCUT2D eigenvalue weighted by Crippen LogP contribution is 2.30. The number of rotatable bonds is 3. The van der Waals surface area contributed by atoms with E-state index in [4.69, 9.17) is 17.3 Å². The molecule has 0 unspecified atom stereocenters. The van der Waals surface area contributed by atoms with Gasteiger partial charge in [0.25, 0.3) is 0 Å². The number of nitrogen functional groups attached to an aromatic ring is 1. The molecule has 7 nitrogen and oxygen atoms in total. The number of benzene rings is 1. The van der Waals surface area contributed by atoms with Crippen molar-refractivity contribution in [1.29, 1.82) is 0 Å². The molecule has 0 aliphatic heterocycles. The fourth-order valence-electron chi connectivity index (χ4n) is 2.51. The number of aromatic nitrogens is 6. The minimum Gasteiger partial charge on any atom is -0.383 e. The van der Waals surface area contributed by atoms with E-state index in [1.54, 1.807) is 24.7 Å². The van der Waals surface area contributed by atoms with Gasteiger partial charge in [-0.2, -0.15) is 4.68 Å². The summed E-state index contributed by atoms with van der Waals surface area (Å²) in [6.45, 7) is 0. The molecule has 1 aromatic carbocycles. The van der Waals surface area contributed by atoms with Crippen LogP contribution in [0.25, 0.3) is 28.2 Å². The van der Waals surface area contributed by atoms with E-state index in [9.17, 15) is 4.39 Å². The second-order valence-electron chi connectivity index (χ2n) is 5.41. The van der Waals surface area contributed by atoms with Gasteiger partial charge in [0.15, 0.2) is 5.82 Å². The lowest BCUT2D eigenvalue weighted by molar-refractivity contribution is 0.608. The van der Waals surface area contributed by atoms with E-state index < -0.39 is 5.82 Å². The summed E-state index contributed by atoms with van der Waals surface area (Å²) in [5.74, 6) is -0.0454. The molecule has 3 heterocycles. The van der Waals surface area contributed by atoms with Gasteiger partial charge in [0.1, 0.15) is 17.3 Å². The number of anilines is 1. The average Bonchev–Trinajstić information content (AvgIpc) is 3.14. The molecule has 4 rings (SSSR count). The third-order valence-corrected chi connectivity index (χ3v) is 4.00. The first-order valence-electron chi connectivity index (χ1n) is 7.53. The SMILES string of the molecule is Nc1ncc(-c2cccnc2)cc1-c1nnnn1-c1cc(Cl)ccc1F. The van der Waals surface area contributed by atoms with Crippen LogP contribution in [0.2, 0.25) is 5.02 Å². The van der Waals surface area contributed by atoms with Crippen molar-refractivity contribution in [3.05, 3.63) is 65.8 Å². The van der Waals surface area contributed by atoms with Crippen LogP contribution in [0, 0.1) is 5.82 Å². The summed E-state index contributed by atoms with van der Waals surface area (Å²) >= 11 is 5.98. The van der Waals surface area contributed by atoms with Crippen molar-refractivity contribution in [2.45, 2.75) is 0 Å². The van der Waals surface area contributed by atoms with E-state index in [2.05, 4.69) is 25.5 Å². The molecule has 0 bridgehead atoms. The summed E-state index contributed by atoms with van der Waals surface area (Å²) < 4.78 is 15.5. The van der Waals surface area contributed by atoms with Crippen molar-refractivity contribution < 1.29 is 4.39 Å². The van der Waals surface area contributed by atoms with Gasteiger partial charge >= 0.3 is 0 Å². The number of nitrogens with zero attached hydrogens (tertiary/aromatic N) is 6. The van der Waals surface area contributed by atoms with Gasteiger partial charge in [-0.15, -0.1) is 5.10 Å². The fraction of sp³-hybridized carbons (Fsp3) is 0. The minimum atomic E-state index is -0.516. The summed E-state index contributed by atoms with van der Waals surface area (Å²) in [5, 5.41) is 11.9. The van der Waals surface area contributed by atoms with Crippen LogP contribution in [-0.2, 0) is 0 Å². The molecular weight excluding hydrogens is 357 g/mol. The Morgan fingerprint density at radius 3 is 2.77 bits per heavy atom. The predicted octanol–water partition coefficient (Wildman–Crippen LogP) is 3.16. The van der Waals surface area contributed by atoms with Crippen molar-refractivity contribution in [1.82, 2.24) is 30.2 Å². The van der Waals surface area contributed by atoms with Crippen molar-refractivity contribution >= 4 is 17.4 Å². The van der Waals surface area contributed by atoms with Crippen LogP contribution >= 0.6 is 11.6 Å². The molecule has 0 aliphatic carbocycles. The topological polar surface area (TPSA) is 95.4 Å². The Kier molecular flexibility index (Phi) is 4.02. The highest BCUT2D eigenvalue weighted by Gasteiger charge is 2.18. The third kappa shape index (κ3) is 2.86. The maximum atomic E-state index is 14.2. The molecule has 0 amide bonds. The highest BCUT2D eigenvalue weighted by atomic mass is 35.5. The predicted molar refractivity (Wildman–Crippen MR) is 95.0 cm³/mol. The maximum absolute atomic E-state index is 14.2. The highest BCUT2D eigenvalue weighted by molar-refractivity contribution is 6.30. The second kappa shape index (κ2) is 6.49. The van der Waals surface area contributed by atoms with Gasteiger partial charge in [-0.3, -0.25) is 4.98 Å². The Morgan fingerprint density at radius 1 is 1.08 bits per heavy atom. The Bertz CT molecular complexity index is 1080. The normalized spacial score (nSPS) is 10.8. The van der Waals surface area contributed by atoms with Crippen LogP contribution < -0.4 is 5.73 Å². The van der Waals surface area contributed by atoms with Crippen molar-refractivity contribution in [2.75, 3.05) is 5.73 Å². The van der Waals surface area contributed by atoms with Gasteiger partial charge in [-0.05, 0) is 40.8 Å². The van der Waals surface area contributed by atoms with E-state index in [0.29, 0.717) is 10.6 Å². The number of nitrogens with two attached hydrogens (primary N) is 1. The van der Waals surface area contributed by atoms with Gasteiger partial charge in [0.05, 0.1) is 5.56 Å². The number of hydrogen-bond acceptors (Lipinski definition) is 6. The Morgan fingerprint density at radius 2 is 1.96 bits per heavy atom. The Labute approximate surface area is 152 Å². The van der Waals surface area contributed by atoms with Crippen LogP contribution in [0.5, 0.6) is 0 Å². The Balaban J connectivity index is 1.88. The molecule has 0 atom stereocenters. The molecule has 0 radical (unpaired) electrons. The summed E-state index contributed by atoms with van der Waals surface area (Å²) in [4.78, 5) is 8.30. The lowest BCUT2D eigenvalue weighted by atomic mass is 10.1. The van der Waals surface area contributed by atoms with Crippen LogP contribution in [0.1, 0.15) is 0 Å². The van der Waals surface area contributed by atoms with E-state index in [1.807, 2.05) is 12.1 Å². The van der Waals surface area contributed by atoms with E-state index in [-0.39, 0.29) is 17.3 Å². The van der Waals surface area contributed by atoms with Crippen LogP contribution in [-0.4, -0.2) is 30.2 Å². The van der Waals surface area contributed by atoms with Crippen LogP contribution in [0.3, 0.4) is 0 Å². The molecule has 9 heteroatoms.